The molecule has 7 heteroatoms. The number of nitrogens with one attached hydrogen (secondary N) is 1. The molecule has 0 aliphatic rings. The fraction of sp³-hybridized carbons (Fsp3) is 0.423. The van der Waals surface area contributed by atoms with E-state index in [1.54, 1.807) is 0 Å². The normalized spacial score (nSPS) is 12.3. The number of para-hydroxylation sites is 1. The number of amides is 1. The number of hydrogen-bond donors (Lipinski definition) is 1. The molecule has 0 aliphatic heterocycles. The molecule has 3 rings (SSSR count). The number of anilines is 1. The van der Waals surface area contributed by atoms with Crippen molar-refractivity contribution in [3.05, 3.63) is 65.0 Å². The van der Waals surface area contributed by atoms with Gasteiger partial charge in [0, 0.05) is 11.7 Å². The molecule has 6 nitrogen and oxygen atoms in total. The number of hydrogen-bond acceptors (Lipinski definition) is 5. The molecule has 0 spiro atoms. The summed E-state index contributed by atoms with van der Waals surface area (Å²) in [5.41, 5.74) is 4.32. The molecule has 0 aliphatic carbocycles. The second kappa shape index (κ2) is 10.9. The molecule has 0 fully saturated rings. The summed E-state index contributed by atoms with van der Waals surface area (Å²) in [5.74, 6) is 2.15. The molecular weight excluding hydrogens is 432 g/mol. The van der Waals surface area contributed by atoms with E-state index < -0.39 is 0 Å². The van der Waals surface area contributed by atoms with Gasteiger partial charge in [0.2, 0.25) is 5.91 Å². The van der Waals surface area contributed by atoms with Gasteiger partial charge in [-0.2, -0.15) is 0 Å². The van der Waals surface area contributed by atoms with Crippen molar-refractivity contribution in [1.82, 2.24) is 14.8 Å². The van der Waals surface area contributed by atoms with E-state index in [-0.39, 0.29) is 23.8 Å². The number of carbonyl (C=O) groups is 1. The summed E-state index contributed by atoms with van der Waals surface area (Å²) in [4.78, 5) is 12.5. The van der Waals surface area contributed by atoms with Crippen LogP contribution in [-0.2, 0) is 4.79 Å². The van der Waals surface area contributed by atoms with Crippen molar-refractivity contribution in [1.29, 1.82) is 0 Å². The zero-order valence-electron chi connectivity index (χ0n) is 20.5. The van der Waals surface area contributed by atoms with Crippen LogP contribution < -0.4 is 10.1 Å². The maximum Gasteiger partial charge on any atom is 0.234 e. The van der Waals surface area contributed by atoms with Gasteiger partial charge in [-0.1, -0.05) is 49.9 Å². The number of aromatic nitrogens is 3. The number of nitrogens with zero attached hydrogens (tertiary/aromatic N) is 3. The zero-order valence-corrected chi connectivity index (χ0v) is 21.4. The molecule has 0 saturated heterocycles. The second-order valence-corrected chi connectivity index (χ2v) is 9.84. The van der Waals surface area contributed by atoms with Gasteiger partial charge in [0.1, 0.15) is 5.75 Å². The van der Waals surface area contributed by atoms with Crippen molar-refractivity contribution >= 4 is 23.4 Å². The van der Waals surface area contributed by atoms with Crippen LogP contribution in [0, 0.1) is 13.8 Å². The van der Waals surface area contributed by atoms with Crippen LogP contribution in [0.1, 0.15) is 75.2 Å². The fourth-order valence-electron chi connectivity index (χ4n) is 3.60. The maximum atomic E-state index is 12.5. The number of ether oxygens (including phenoxy) is 1. The zero-order chi connectivity index (χ0) is 24.1. The summed E-state index contributed by atoms with van der Waals surface area (Å²) in [7, 11) is 0. The van der Waals surface area contributed by atoms with Crippen LogP contribution in [0.2, 0.25) is 0 Å². The molecule has 1 heterocycles. The Hall–Kier alpha value is -2.80. The Bertz CT molecular complexity index is 1110. The summed E-state index contributed by atoms with van der Waals surface area (Å²) in [6.45, 7) is 14.6. The highest BCUT2D eigenvalue weighted by Crippen LogP contribution is 2.32. The molecule has 1 aromatic heterocycles. The van der Waals surface area contributed by atoms with Crippen molar-refractivity contribution in [3.8, 4) is 5.75 Å². The standard InChI is InChI=1S/C26H34N4O2S/c1-16(2)22-10-8-9-11-23(22)32-20(7)25-28-29-26(30(25)17(3)4)33-15-24(31)27-21-13-12-18(5)19(6)14-21/h8-14,16-17,20H,15H2,1-7H3,(H,27,31). The third-order valence-electron chi connectivity index (χ3n) is 5.54. The summed E-state index contributed by atoms with van der Waals surface area (Å²) in [5, 5.41) is 12.5. The highest BCUT2D eigenvalue weighted by Gasteiger charge is 2.23. The number of aryl methyl sites for hydroxylation is 2. The van der Waals surface area contributed by atoms with E-state index in [9.17, 15) is 4.79 Å². The quantitative estimate of drug-likeness (QED) is 0.366. The topological polar surface area (TPSA) is 69.0 Å². The third kappa shape index (κ3) is 6.16. The van der Waals surface area contributed by atoms with E-state index in [1.165, 1.54) is 17.3 Å². The molecule has 0 saturated carbocycles. The lowest BCUT2D eigenvalue weighted by Gasteiger charge is -2.21. The highest BCUT2D eigenvalue weighted by molar-refractivity contribution is 7.99. The minimum Gasteiger partial charge on any atom is -0.482 e. The summed E-state index contributed by atoms with van der Waals surface area (Å²) >= 11 is 1.38. The summed E-state index contributed by atoms with van der Waals surface area (Å²) in [6.07, 6.45) is -0.279. The first-order valence-electron chi connectivity index (χ1n) is 11.4. The Morgan fingerprint density at radius 1 is 1.03 bits per heavy atom. The lowest BCUT2D eigenvalue weighted by atomic mass is 10.0. The molecule has 0 radical (unpaired) electrons. The number of rotatable bonds is 9. The number of thioether (sulfide) groups is 1. The highest BCUT2D eigenvalue weighted by atomic mass is 32.2. The molecule has 1 N–H and O–H groups in total. The molecule has 2 aromatic carbocycles. The average Bonchev–Trinajstić information content (AvgIpc) is 3.19. The van der Waals surface area contributed by atoms with Crippen LogP contribution in [0.25, 0.3) is 0 Å². The Morgan fingerprint density at radius 3 is 2.42 bits per heavy atom. The van der Waals surface area contributed by atoms with Gasteiger partial charge in [0.05, 0.1) is 5.75 Å². The van der Waals surface area contributed by atoms with Crippen LogP contribution in [0.3, 0.4) is 0 Å². The third-order valence-corrected chi connectivity index (χ3v) is 6.48. The van der Waals surface area contributed by atoms with E-state index >= 15 is 0 Å². The summed E-state index contributed by atoms with van der Waals surface area (Å²) < 4.78 is 8.36. The van der Waals surface area contributed by atoms with E-state index in [1.807, 2.05) is 50.2 Å². The molecule has 3 aromatic rings. The van der Waals surface area contributed by atoms with Gasteiger partial charge in [-0.25, -0.2) is 0 Å². The van der Waals surface area contributed by atoms with Crippen LogP contribution in [0.4, 0.5) is 5.69 Å². The van der Waals surface area contributed by atoms with Crippen molar-refractivity contribution in [3.63, 3.8) is 0 Å². The molecule has 176 valence electrons. The Labute approximate surface area is 201 Å². The number of benzene rings is 2. The number of carbonyl (C=O) groups excluding carboxylic acids is 1. The van der Waals surface area contributed by atoms with Gasteiger partial charge in [-0.05, 0) is 75.4 Å². The first-order valence-corrected chi connectivity index (χ1v) is 12.4. The van der Waals surface area contributed by atoms with E-state index in [4.69, 9.17) is 4.74 Å². The fourth-order valence-corrected chi connectivity index (χ4v) is 4.48. The van der Waals surface area contributed by atoms with Crippen LogP contribution in [0.15, 0.2) is 47.6 Å². The Kier molecular flexibility index (Phi) is 8.19. The molecule has 1 atom stereocenters. The smallest absolute Gasteiger partial charge is 0.234 e. The van der Waals surface area contributed by atoms with Crippen LogP contribution in [-0.4, -0.2) is 26.4 Å². The predicted octanol–water partition coefficient (Wildman–Crippen LogP) is 6.47. The van der Waals surface area contributed by atoms with Gasteiger partial charge in [-0.15, -0.1) is 10.2 Å². The molecular formula is C26H34N4O2S. The first kappa shape index (κ1) is 24.8. The van der Waals surface area contributed by atoms with Crippen LogP contribution in [0.5, 0.6) is 5.75 Å². The van der Waals surface area contributed by atoms with E-state index in [2.05, 4.69) is 60.8 Å². The van der Waals surface area contributed by atoms with Gasteiger partial charge in [-0.3, -0.25) is 4.79 Å². The van der Waals surface area contributed by atoms with Gasteiger partial charge in [0.25, 0.3) is 0 Å². The SMILES string of the molecule is Cc1ccc(NC(=O)CSc2nnc(C(C)Oc3ccccc3C(C)C)n2C(C)C)cc1C. The lowest BCUT2D eigenvalue weighted by Crippen LogP contribution is -2.17. The van der Waals surface area contributed by atoms with E-state index in [0.717, 1.165) is 28.4 Å². The lowest BCUT2D eigenvalue weighted by molar-refractivity contribution is -0.113. The van der Waals surface area contributed by atoms with Crippen molar-refractivity contribution < 1.29 is 9.53 Å². The predicted molar refractivity (Wildman–Crippen MR) is 135 cm³/mol. The monoisotopic (exact) mass is 466 g/mol. The van der Waals surface area contributed by atoms with Gasteiger partial charge < -0.3 is 14.6 Å². The molecule has 33 heavy (non-hydrogen) atoms. The van der Waals surface area contributed by atoms with Crippen LogP contribution >= 0.6 is 11.8 Å². The Balaban J connectivity index is 1.71. The summed E-state index contributed by atoms with van der Waals surface area (Å²) in [6, 6.07) is 14.2. The molecule has 1 amide bonds. The van der Waals surface area contributed by atoms with Crippen molar-refractivity contribution in [2.45, 2.75) is 71.7 Å². The minimum atomic E-state index is -0.279. The van der Waals surface area contributed by atoms with Gasteiger partial charge in [0.15, 0.2) is 17.1 Å². The van der Waals surface area contributed by atoms with Gasteiger partial charge >= 0.3 is 0 Å². The van der Waals surface area contributed by atoms with Crippen molar-refractivity contribution in [2.75, 3.05) is 11.1 Å². The first-order chi connectivity index (χ1) is 15.7. The molecule has 0 bridgehead atoms. The maximum absolute atomic E-state index is 12.5. The molecule has 1 unspecified atom stereocenters. The second-order valence-electron chi connectivity index (χ2n) is 8.89. The van der Waals surface area contributed by atoms with Crippen molar-refractivity contribution in [2.24, 2.45) is 0 Å². The van der Waals surface area contributed by atoms with E-state index in [0.29, 0.717) is 11.1 Å². The Morgan fingerprint density at radius 2 is 1.76 bits per heavy atom. The largest absolute Gasteiger partial charge is 0.482 e. The minimum absolute atomic E-state index is 0.0710. The average molecular weight is 467 g/mol.